The first kappa shape index (κ1) is 24.6. The molecule has 3 aliphatic heterocycles. The molecular weight excluding hydrogens is 479 g/mol. The number of piperidine rings is 1. The van der Waals surface area contributed by atoms with Crippen LogP contribution in [-0.2, 0) is 16.0 Å². The maximum atomic E-state index is 14.0. The van der Waals surface area contributed by atoms with Crippen molar-refractivity contribution in [2.45, 2.75) is 45.1 Å². The molecule has 0 radical (unpaired) electrons. The van der Waals surface area contributed by atoms with Gasteiger partial charge in [-0.3, -0.25) is 9.59 Å². The van der Waals surface area contributed by atoms with E-state index in [4.69, 9.17) is 0 Å². The molecule has 38 heavy (non-hydrogen) atoms. The van der Waals surface area contributed by atoms with Crippen LogP contribution < -0.4 is 5.32 Å². The van der Waals surface area contributed by atoms with Crippen molar-refractivity contribution in [2.24, 2.45) is 0 Å². The molecule has 196 valence electrons. The largest absolute Gasteiger partial charge is 0.361 e. The summed E-state index contributed by atoms with van der Waals surface area (Å²) >= 11 is 0. The quantitative estimate of drug-likeness (QED) is 0.459. The summed E-state index contributed by atoms with van der Waals surface area (Å²) in [6, 6.07) is 12.6. The fourth-order valence-corrected chi connectivity index (χ4v) is 6.18. The van der Waals surface area contributed by atoms with Gasteiger partial charge in [0.1, 0.15) is 5.82 Å². The number of carbonyl (C=O) groups excluding carboxylic acids is 2. The van der Waals surface area contributed by atoms with Gasteiger partial charge in [0.05, 0.1) is 12.0 Å². The zero-order valence-corrected chi connectivity index (χ0v) is 21.7. The van der Waals surface area contributed by atoms with Gasteiger partial charge in [-0.15, -0.1) is 0 Å². The lowest BCUT2D eigenvalue weighted by Gasteiger charge is -2.36. The first-order valence-electron chi connectivity index (χ1n) is 13.6. The molecular formula is C31H33FN4O2. The summed E-state index contributed by atoms with van der Waals surface area (Å²) < 4.78 is 14.0. The molecule has 0 unspecified atom stereocenters. The summed E-state index contributed by atoms with van der Waals surface area (Å²) in [5, 5.41) is 2.94. The zero-order chi connectivity index (χ0) is 26.2. The molecule has 2 aromatic carbocycles. The van der Waals surface area contributed by atoms with E-state index in [-0.39, 0.29) is 17.6 Å². The highest BCUT2D eigenvalue weighted by Gasteiger charge is 2.30. The number of halogens is 1. The van der Waals surface area contributed by atoms with Crippen LogP contribution in [0.1, 0.15) is 48.1 Å². The molecule has 0 saturated carbocycles. The molecule has 6 rings (SSSR count). The van der Waals surface area contributed by atoms with Crippen molar-refractivity contribution < 1.29 is 14.0 Å². The summed E-state index contributed by atoms with van der Waals surface area (Å²) in [5.74, 6) is -0.363. The van der Waals surface area contributed by atoms with Crippen molar-refractivity contribution in [2.75, 3.05) is 31.5 Å². The van der Waals surface area contributed by atoms with Crippen LogP contribution in [0.3, 0.4) is 0 Å². The van der Waals surface area contributed by atoms with Gasteiger partial charge in [-0.1, -0.05) is 24.3 Å². The maximum Gasteiger partial charge on any atom is 0.256 e. The molecule has 6 nitrogen and oxygen atoms in total. The fourth-order valence-electron chi connectivity index (χ4n) is 6.18. The Morgan fingerprint density at radius 3 is 2.61 bits per heavy atom. The van der Waals surface area contributed by atoms with Crippen LogP contribution in [0.15, 0.2) is 48.7 Å². The lowest BCUT2D eigenvalue weighted by molar-refractivity contribution is -0.132. The van der Waals surface area contributed by atoms with E-state index < -0.39 is 0 Å². The van der Waals surface area contributed by atoms with Gasteiger partial charge in [0.15, 0.2) is 0 Å². The molecule has 2 saturated heterocycles. The summed E-state index contributed by atoms with van der Waals surface area (Å²) in [7, 11) is 0. The number of hydrogen-bond acceptors (Lipinski definition) is 3. The summed E-state index contributed by atoms with van der Waals surface area (Å²) in [6.45, 7) is 6.02. The fraction of sp³-hybridized carbons (Fsp3) is 0.355. The van der Waals surface area contributed by atoms with Gasteiger partial charge in [-0.05, 0) is 92.2 Å². The van der Waals surface area contributed by atoms with E-state index in [1.54, 1.807) is 6.07 Å². The lowest BCUT2D eigenvalue weighted by atomic mass is 9.94. The number of aromatic amines is 1. The Kier molecular flexibility index (Phi) is 6.62. The molecule has 2 fully saturated rings. The molecule has 2 amide bonds. The third kappa shape index (κ3) is 4.67. The minimum Gasteiger partial charge on any atom is -0.361 e. The number of hydrogen-bond donors (Lipinski definition) is 2. The molecule has 4 heterocycles. The van der Waals surface area contributed by atoms with Crippen LogP contribution in [0.5, 0.6) is 0 Å². The standard InChI is InChI=1S/C31H33FN4O2/c1-20-22(17-29(37)36-14-10-24(11-15-36)35-12-2-3-13-35)19-33-28(20)18-26-30-25(21-6-4-7-23(32)16-21)8-5-9-27(30)34-31(26)38/h4-9,16,18-19,24,33H,2-3,10-15,17H2,1H3,(H,34,38)/b26-18-. The van der Waals surface area contributed by atoms with Gasteiger partial charge < -0.3 is 20.1 Å². The van der Waals surface area contributed by atoms with Crippen molar-refractivity contribution in [1.82, 2.24) is 14.8 Å². The van der Waals surface area contributed by atoms with Crippen LogP contribution in [0, 0.1) is 12.7 Å². The second kappa shape index (κ2) is 10.2. The Labute approximate surface area is 222 Å². The molecule has 3 aliphatic rings. The second-order valence-corrected chi connectivity index (χ2v) is 10.6. The number of nitrogens with one attached hydrogen (secondary N) is 2. The van der Waals surface area contributed by atoms with E-state index in [0.29, 0.717) is 29.3 Å². The van der Waals surface area contributed by atoms with Gasteiger partial charge in [-0.25, -0.2) is 4.39 Å². The van der Waals surface area contributed by atoms with Gasteiger partial charge in [-0.2, -0.15) is 0 Å². The zero-order valence-electron chi connectivity index (χ0n) is 21.7. The molecule has 0 aliphatic carbocycles. The number of fused-ring (bicyclic) bond motifs is 1. The topological polar surface area (TPSA) is 68.4 Å². The van der Waals surface area contributed by atoms with E-state index in [0.717, 1.165) is 53.9 Å². The lowest BCUT2D eigenvalue weighted by Crippen LogP contribution is -2.46. The van der Waals surface area contributed by atoms with Crippen molar-refractivity contribution in [3.8, 4) is 11.1 Å². The number of benzene rings is 2. The maximum absolute atomic E-state index is 14.0. The molecule has 2 N–H and O–H groups in total. The van der Waals surface area contributed by atoms with Crippen LogP contribution in [-0.4, -0.2) is 58.8 Å². The van der Waals surface area contributed by atoms with E-state index in [1.165, 1.54) is 38.1 Å². The van der Waals surface area contributed by atoms with Gasteiger partial charge in [0.2, 0.25) is 5.91 Å². The Bertz CT molecular complexity index is 1410. The van der Waals surface area contributed by atoms with Crippen molar-refractivity contribution >= 4 is 29.2 Å². The van der Waals surface area contributed by atoms with E-state index in [1.807, 2.05) is 48.4 Å². The van der Waals surface area contributed by atoms with Crippen LogP contribution >= 0.6 is 0 Å². The number of nitrogens with zero attached hydrogens (tertiary/aromatic N) is 2. The summed E-state index contributed by atoms with van der Waals surface area (Å²) in [6.07, 6.45) is 8.76. The highest BCUT2D eigenvalue weighted by atomic mass is 19.1. The number of amides is 2. The van der Waals surface area contributed by atoms with Crippen molar-refractivity contribution in [3.05, 3.63) is 76.9 Å². The average Bonchev–Trinajstić information content (AvgIpc) is 3.65. The molecule has 3 aromatic rings. The second-order valence-electron chi connectivity index (χ2n) is 10.6. The number of aromatic nitrogens is 1. The molecule has 0 atom stereocenters. The van der Waals surface area contributed by atoms with E-state index >= 15 is 0 Å². The number of anilines is 1. The smallest absolute Gasteiger partial charge is 0.256 e. The molecule has 0 spiro atoms. The first-order valence-corrected chi connectivity index (χ1v) is 13.6. The van der Waals surface area contributed by atoms with Crippen molar-refractivity contribution in [3.63, 3.8) is 0 Å². The van der Waals surface area contributed by atoms with Crippen LogP contribution in [0.4, 0.5) is 10.1 Å². The Balaban J connectivity index is 1.20. The number of carbonyl (C=O) groups is 2. The number of rotatable bonds is 5. The highest BCUT2D eigenvalue weighted by Crippen LogP contribution is 2.40. The number of H-pyrrole nitrogens is 1. The van der Waals surface area contributed by atoms with Crippen molar-refractivity contribution in [1.29, 1.82) is 0 Å². The highest BCUT2D eigenvalue weighted by molar-refractivity contribution is 6.36. The minimum absolute atomic E-state index is 0.156. The predicted molar refractivity (Wildman–Crippen MR) is 148 cm³/mol. The first-order chi connectivity index (χ1) is 18.5. The molecule has 0 bridgehead atoms. The summed E-state index contributed by atoms with van der Waals surface area (Å²) in [5.41, 5.74) is 6.20. The Morgan fingerprint density at radius 2 is 1.84 bits per heavy atom. The normalized spacial score (nSPS) is 19.3. The minimum atomic E-state index is -0.322. The summed E-state index contributed by atoms with van der Waals surface area (Å²) in [4.78, 5) is 34.0. The van der Waals surface area contributed by atoms with Gasteiger partial charge in [0.25, 0.3) is 5.91 Å². The Hall–Kier alpha value is -3.71. The third-order valence-electron chi connectivity index (χ3n) is 8.35. The van der Waals surface area contributed by atoms with Crippen LogP contribution in [0.25, 0.3) is 22.8 Å². The van der Waals surface area contributed by atoms with E-state index in [2.05, 4.69) is 15.2 Å². The third-order valence-corrected chi connectivity index (χ3v) is 8.35. The van der Waals surface area contributed by atoms with Gasteiger partial charge >= 0.3 is 0 Å². The van der Waals surface area contributed by atoms with E-state index in [9.17, 15) is 14.0 Å². The molecule has 1 aromatic heterocycles. The monoisotopic (exact) mass is 512 g/mol. The predicted octanol–water partition coefficient (Wildman–Crippen LogP) is 5.25. The SMILES string of the molecule is Cc1c(CC(=O)N2CCC(N3CCCC3)CC2)c[nH]c1/C=C1\C(=O)Nc2cccc(-c3cccc(F)c3)c21. The van der Waals surface area contributed by atoms with Gasteiger partial charge in [0, 0.05) is 42.3 Å². The van der Waals surface area contributed by atoms with Crippen LogP contribution in [0.2, 0.25) is 0 Å². The number of likely N-dealkylation sites (tertiary alicyclic amines) is 2. The Morgan fingerprint density at radius 1 is 1.08 bits per heavy atom. The molecule has 7 heteroatoms. The average molecular weight is 513 g/mol.